The normalized spacial score (nSPS) is 12.3. The first-order valence-electron chi connectivity index (χ1n) is 9.43. The van der Waals surface area contributed by atoms with Crippen LogP contribution >= 0.6 is 0 Å². The van der Waals surface area contributed by atoms with Crippen LogP contribution in [0.2, 0.25) is 0 Å². The molecule has 0 aliphatic carbocycles. The number of nitrogens with one attached hydrogen (secondary N) is 3. The van der Waals surface area contributed by atoms with Crippen LogP contribution < -0.4 is 5.32 Å². The van der Waals surface area contributed by atoms with Gasteiger partial charge in [0.25, 0.3) is 5.91 Å². The van der Waals surface area contributed by atoms with E-state index in [1.165, 1.54) is 12.1 Å². The van der Waals surface area contributed by atoms with Gasteiger partial charge in [0.1, 0.15) is 5.82 Å². The van der Waals surface area contributed by atoms with Crippen molar-refractivity contribution >= 4 is 27.8 Å². The molecule has 30 heavy (non-hydrogen) atoms. The molecule has 3 heterocycles. The van der Waals surface area contributed by atoms with Crippen molar-refractivity contribution < 1.29 is 9.18 Å². The number of aromatic nitrogens is 5. The number of benzene rings is 2. The molecule has 5 aromatic rings. The van der Waals surface area contributed by atoms with Crippen LogP contribution in [0.1, 0.15) is 29.1 Å². The Hall–Kier alpha value is -4.07. The summed E-state index contributed by atoms with van der Waals surface area (Å²) in [5, 5.41) is 10.0. The van der Waals surface area contributed by atoms with Crippen molar-refractivity contribution in [1.82, 2.24) is 30.5 Å². The summed E-state index contributed by atoms with van der Waals surface area (Å²) in [4.78, 5) is 25.5. The number of amides is 1. The number of carbonyl (C=O) groups excluding carboxylic acids is 1. The van der Waals surface area contributed by atoms with Crippen LogP contribution in [0.15, 0.2) is 60.9 Å². The third kappa shape index (κ3) is 3.18. The molecule has 7 nitrogen and oxygen atoms in total. The monoisotopic (exact) mass is 400 g/mol. The Bertz CT molecular complexity index is 1370. The van der Waals surface area contributed by atoms with Crippen LogP contribution in [-0.4, -0.2) is 31.1 Å². The molecular formula is C22H17FN6O. The first kappa shape index (κ1) is 18.0. The Morgan fingerprint density at radius 3 is 2.57 bits per heavy atom. The number of hydrogen-bond acceptors (Lipinski definition) is 4. The summed E-state index contributed by atoms with van der Waals surface area (Å²) in [5.41, 5.74) is 4.65. The van der Waals surface area contributed by atoms with E-state index in [0.717, 1.165) is 22.2 Å². The fraction of sp³-hybridized carbons (Fsp3) is 0.0909. The van der Waals surface area contributed by atoms with Gasteiger partial charge in [0.2, 0.25) is 5.82 Å². The molecule has 5 rings (SSSR count). The number of H-pyrrole nitrogens is 2. The Balaban J connectivity index is 1.46. The van der Waals surface area contributed by atoms with Crippen LogP contribution in [0.25, 0.3) is 33.2 Å². The molecule has 8 heteroatoms. The summed E-state index contributed by atoms with van der Waals surface area (Å²) in [6.07, 6.45) is 3.45. The maximum absolute atomic E-state index is 13.4. The predicted molar refractivity (Wildman–Crippen MR) is 111 cm³/mol. The van der Waals surface area contributed by atoms with Gasteiger partial charge in [0.05, 0.1) is 28.3 Å². The van der Waals surface area contributed by atoms with Gasteiger partial charge in [-0.2, -0.15) is 0 Å². The number of rotatable bonds is 4. The number of hydrogen-bond donors (Lipinski definition) is 3. The van der Waals surface area contributed by atoms with Gasteiger partial charge in [0, 0.05) is 23.3 Å². The molecule has 0 saturated carbocycles. The molecular weight excluding hydrogens is 383 g/mol. The van der Waals surface area contributed by atoms with Gasteiger partial charge in [-0.1, -0.05) is 12.1 Å². The van der Waals surface area contributed by atoms with Gasteiger partial charge in [0.15, 0.2) is 0 Å². The van der Waals surface area contributed by atoms with Crippen LogP contribution in [0.3, 0.4) is 0 Å². The van der Waals surface area contributed by atoms with E-state index in [4.69, 9.17) is 0 Å². The smallest absolute Gasteiger partial charge is 0.289 e. The van der Waals surface area contributed by atoms with Crippen molar-refractivity contribution in [1.29, 1.82) is 0 Å². The SMILES string of the molecule is CC(NC(=O)c1nc2cc3[nH][nH]c(-c4ccncc4)c3cc2n1)c1cccc(F)c1. The van der Waals surface area contributed by atoms with Gasteiger partial charge < -0.3 is 10.4 Å². The molecule has 0 bridgehead atoms. The van der Waals surface area contributed by atoms with Crippen molar-refractivity contribution in [2.45, 2.75) is 13.0 Å². The molecule has 1 unspecified atom stereocenters. The highest BCUT2D eigenvalue weighted by Crippen LogP contribution is 2.29. The molecule has 0 fully saturated rings. The molecule has 1 amide bonds. The van der Waals surface area contributed by atoms with Gasteiger partial charge >= 0.3 is 0 Å². The van der Waals surface area contributed by atoms with Gasteiger partial charge in [-0.05, 0) is 48.9 Å². The number of fused-ring (bicyclic) bond motifs is 2. The number of carbonyl (C=O) groups is 1. The lowest BCUT2D eigenvalue weighted by Gasteiger charge is -2.13. The summed E-state index contributed by atoms with van der Waals surface area (Å²) in [6.45, 7) is 1.79. The molecule has 0 radical (unpaired) electrons. The Morgan fingerprint density at radius 1 is 1.03 bits per heavy atom. The lowest BCUT2D eigenvalue weighted by molar-refractivity contribution is 0.0930. The lowest BCUT2D eigenvalue weighted by atomic mass is 10.1. The second-order valence-electron chi connectivity index (χ2n) is 7.04. The van der Waals surface area contributed by atoms with Crippen LogP contribution in [0.4, 0.5) is 4.39 Å². The summed E-state index contributed by atoms with van der Waals surface area (Å²) >= 11 is 0. The second-order valence-corrected chi connectivity index (χ2v) is 7.04. The second kappa shape index (κ2) is 7.07. The molecule has 0 spiro atoms. The first-order valence-corrected chi connectivity index (χ1v) is 9.43. The number of pyridine rings is 1. The molecule has 148 valence electrons. The molecule has 0 aliphatic heterocycles. The minimum atomic E-state index is -0.410. The van der Waals surface area contributed by atoms with Crippen molar-refractivity contribution in [3.05, 3.63) is 78.1 Å². The van der Waals surface area contributed by atoms with Crippen molar-refractivity contribution in [3.63, 3.8) is 0 Å². The molecule has 3 N–H and O–H groups in total. The van der Waals surface area contributed by atoms with Gasteiger partial charge in [-0.25, -0.2) is 14.4 Å². The minimum absolute atomic E-state index is 0.0790. The zero-order valence-corrected chi connectivity index (χ0v) is 16.0. The fourth-order valence-corrected chi connectivity index (χ4v) is 3.48. The highest BCUT2D eigenvalue weighted by molar-refractivity contribution is 6.02. The van der Waals surface area contributed by atoms with Crippen molar-refractivity contribution in [2.24, 2.45) is 0 Å². The van der Waals surface area contributed by atoms with E-state index in [1.807, 2.05) is 24.3 Å². The summed E-state index contributed by atoms with van der Waals surface area (Å²) in [7, 11) is 0. The number of aromatic amines is 2. The number of nitrogens with zero attached hydrogens (tertiary/aromatic N) is 3. The summed E-state index contributed by atoms with van der Waals surface area (Å²) in [6, 6.07) is 13.3. The van der Waals surface area contributed by atoms with Crippen molar-refractivity contribution in [2.75, 3.05) is 0 Å². The summed E-state index contributed by atoms with van der Waals surface area (Å²) in [5.74, 6) is -0.677. The molecule has 2 aromatic carbocycles. The average molecular weight is 400 g/mol. The van der Waals surface area contributed by atoms with E-state index in [0.29, 0.717) is 16.6 Å². The maximum Gasteiger partial charge on any atom is 0.289 e. The summed E-state index contributed by atoms with van der Waals surface area (Å²) < 4.78 is 13.4. The quantitative estimate of drug-likeness (QED) is 0.422. The molecule has 0 saturated heterocycles. The molecule has 3 aromatic heterocycles. The maximum atomic E-state index is 13.4. The topological polar surface area (TPSA) is 99.3 Å². The standard InChI is InChI=1S/C22H17FN6O/c1-12(14-3-2-4-15(23)9-14)25-22(30)21-26-18-10-16-17(11-19(18)27-21)28-29-20(16)13-5-7-24-8-6-13/h2-12,28-29H,1H3,(H,25,30). The zero-order valence-electron chi connectivity index (χ0n) is 16.0. The lowest BCUT2D eigenvalue weighted by Crippen LogP contribution is -2.27. The Kier molecular flexibility index (Phi) is 4.24. The largest absolute Gasteiger partial charge is 0.343 e. The predicted octanol–water partition coefficient (Wildman–Crippen LogP) is 4.13. The molecule has 0 aliphatic rings. The van der Waals surface area contributed by atoms with Gasteiger partial charge in [-0.15, -0.1) is 0 Å². The highest BCUT2D eigenvalue weighted by Gasteiger charge is 2.18. The Labute approximate surface area is 170 Å². The van der Waals surface area contributed by atoms with E-state index in [2.05, 4.69) is 30.5 Å². The zero-order chi connectivity index (χ0) is 20.7. The fourth-order valence-electron chi connectivity index (χ4n) is 3.48. The average Bonchev–Trinajstić information content (AvgIpc) is 3.36. The third-order valence-corrected chi connectivity index (χ3v) is 5.03. The van der Waals surface area contributed by atoms with Crippen LogP contribution in [0.5, 0.6) is 0 Å². The van der Waals surface area contributed by atoms with E-state index >= 15 is 0 Å². The van der Waals surface area contributed by atoms with Crippen molar-refractivity contribution in [3.8, 4) is 11.3 Å². The van der Waals surface area contributed by atoms with E-state index in [1.54, 1.807) is 31.5 Å². The number of halogens is 1. The van der Waals surface area contributed by atoms with Crippen LogP contribution in [-0.2, 0) is 0 Å². The number of imidazole rings is 1. The minimum Gasteiger partial charge on any atom is -0.343 e. The highest BCUT2D eigenvalue weighted by atomic mass is 19.1. The first-order chi connectivity index (χ1) is 14.6. The van der Waals surface area contributed by atoms with E-state index in [9.17, 15) is 9.18 Å². The van der Waals surface area contributed by atoms with Crippen LogP contribution in [0, 0.1) is 5.82 Å². The third-order valence-electron chi connectivity index (χ3n) is 5.03. The van der Waals surface area contributed by atoms with E-state index in [-0.39, 0.29) is 17.7 Å². The van der Waals surface area contributed by atoms with Gasteiger partial charge in [-0.3, -0.25) is 14.9 Å². The Morgan fingerprint density at radius 2 is 1.80 bits per heavy atom. The van der Waals surface area contributed by atoms with E-state index < -0.39 is 5.91 Å². The molecule has 1 atom stereocenters.